The van der Waals surface area contributed by atoms with E-state index in [9.17, 15) is 9.59 Å². The molecule has 0 heterocycles. The molecular weight excluding hydrogens is 624 g/mol. The van der Waals surface area contributed by atoms with Crippen molar-refractivity contribution in [2.45, 2.75) is 207 Å². The molecule has 0 aromatic carbocycles. The summed E-state index contributed by atoms with van der Waals surface area (Å²) in [6, 6.07) is 0. The van der Waals surface area contributed by atoms with Crippen LogP contribution in [0.4, 0.5) is 0 Å². The molecule has 0 aromatic heterocycles. The lowest BCUT2D eigenvalue weighted by molar-refractivity contribution is -0.275. The summed E-state index contributed by atoms with van der Waals surface area (Å²) in [5.41, 5.74) is 0. The molecule has 0 amide bonds. The fraction of sp³-hybridized carbons (Fsp3) is 0.950. The van der Waals surface area contributed by atoms with Gasteiger partial charge in [-0.3, -0.25) is 9.59 Å². The van der Waals surface area contributed by atoms with Crippen LogP contribution in [-0.2, 0) is 42.7 Å². The first-order chi connectivity index (χ1) is 24.1. The first-order valence-corrected chi connectivity index (χ1v) is 20.3. The second-order valence-electron chi connectivity index (χ2n) is 13.2. The van der Waals surface area contributed by atoms with Gasteiger partial charge in [0.2, 0.25) is 0 Å². The van der Waals surface area contributed by atoms with Gasteiger partial charge in [-0.2, -0.15) is 0 Å². The molecular formula is C40H78O9. The Balaban J connectivity index is 3.33. The summed E-state index contributed by atoms with van der Waals surface area (Å²) >= 11 is 0. The van der Waals surface area contributed by atoms with Crippen LogP contribution in [0.5, 0.6) is 0 Å². The maximum Gasteiger partial charge on any atom is 0.313 e. The molecule has 0 aliphatic carbocycles. The Morgan fingerprint density at radius 2 is 0.612 bits per heavy atom. The molecule has 9 heteroatoms. The number of esters is 2. The van der Waals surface area contributed by atoms with Gasteiger partial charge in [0.15, 0.2) is 0 Å². The van der Waals surface area contributed by atoms with Gasteiger partial charge in [0, 0.05) is 40.3 Å². The summed E-state index contributed by atoms with van der Waals surface area (Å²) < 4.78 is 36.9. The van der Waals surface area contributed by atoms with Crippen molar-refractivity contribution in [1.82, 2.24) is 0 Å². The van der Waals surface area contributed by atoms with Gasteiger partial charge in [0.05, 0.1) is 13.2 Å². The topological polar surface area (TPSA) is 98.8 Å². The molecule has 0 bridgehead atoms. The maximum atomic E-state index is 12.0. The lowest BCUT2D eigenvalue weighted by Gasteiger charge is -2.15. The molecule has 49 heavy (non-hydrogen) atoms. The van der Waals surface area contributed by atoms with Gasteiger partial charge in [-0.05, 0) is 39.5 Å². The second kappa shape index (κ2) is 39.7. The Hall–Kier alpha value is -1.10. The minimum absolute atomic E-state index is 0.353. The van der Waals surface area contributed by atoms with Crippen molar-refractivity contribution in [3.63, 3.8) is 0 Å². The Labute approximate surface area is 301 Å². The van der Waals surface area contributed by atoms with Gasteiger partial charge in [-0.15, -0.1) is 0 Å². The Morgan fingerprint density at radius 1 is 0.367 bits per heavy atom. The van der Waals surface area contributed by atoms with E-state index in [-0.39, 0.29) is 11.9 Å². The van der Waals surface area contributed by atoms with Crippen LogP contribution in [0, 0.1) is 0 Å². The Bertz CT molecular complexity index is 635. The molecule has 0 radical (unpaired) electrons. The van der Waals surface area contributed by atoms with Crippen LogP contribution >= 0.6 is 0 Å². The summed E-state index contributed by atoms with van der Waals surface area (Å²) in [5.74, 6) is -0.706. The molecule has 2 atom stereocenters. The normalized spacial score (nSPS) is 12.7. The van der Waals surface area contributed by atoms with Crippen molar-refractivity contribution in [1.29, 1.82) is 0 Å². The van der Waals surface area contributed by atoms with Gasteiger partial charge in [0.1, 0.15) is 0 Å². The minimum atomic E-state index is -0.528. The average Bonchev–Trinajstić information content (AvgIpc) is 3.10. The predicted molar refractivity (Wildman–Crippen MR) is 197 cm³/mol. The van der Waals surface area contributed by atoms with Gasteiger partial charge in [0.25, 0.3) is 13.0 Å². The molecule has 2 unspecified atom stereocenters. The van der Waals surface area contributed by atoms with Crippen LogP contribution in [-0.4, -0.2) is 65.5 Å². The summed E-state index contributed by atoms with van der Waals surface area (Å²) in [4.78, 5) is 24.0. The molecule has 0 N–H and O–H groups in total. The summed E-state index contributed by atoms with van der Waals surface area (Å²) in [7, 11) is 3.20. The summed E-state index contributed by atoms with van der Waals surface area (Å²) in [6.45, 7) is 5.36. The standard InChI is InChI=1S/C40H78O9/c1-5-45-39(43-3)47-35-31-27-23-19-15-11-7-9-13-17-21-25-29-33-37(41)49-38(42)34-30-26-22-18-14-10-8-12-16-20-24-28-32-36-48-40(44-4)46-6-2/h39-40H,5-36H2,1-4H3. The zero-order valence-corrected chi connectivity index (χ0v) is 32.5. The zero-order valence-electron chi connectivity index (χ0n) is 32.5. The number of carbonyl (C=O) groups is 2. The number of unbranched alkanes of at least 4 members (excludes halogenated alkanes) is 24. The van der Waals surface area contributed by atoms with Crippen molar-refractivity contribution >= 4 is 11.9 Å². The molecule has 0 aliphatic heterocycles. The average molecular weight is 703 g/mol. The van der Waals surface area contributed by atoms with Crippen LogP contribution < -0.4 is 0 Å². The third kappa shape index (κ3) is 36.5. The van der Waals surface area contributed by atoms with E-state index >= 15 is 0 Å². The molecule has 0 aromatic rings. The maximum absolute atomic E-state index is 12.0. The van der Waals surface area contributed by atoms with Crippen LogP contribution in [0.15, 0.2) is 0 Å². The number of hydrogen-bond acceptors (Lipinski definition) is 9. The number of rotatable bonds is 40. The summed E-state index contributed by atoms with van der Waals surface area (Å²) in [5, 5.41) is 0. The molecule has 0 saturated carbocycles. The molecule has 292 valence electrons. The van der Waals surface area contributed by atoms with E-state index in [1.165, 1.54) is 116 Å². The second-order valence-corrected chi connectivity index (χ2v) is 13.2. The number of carbonyl (C=O) groups excluding carboxylic acids is 2. The molecule has 0 rings (SSSR count). The van der Waals surface area contributed by atoms with Gasteiger partial charge < -0.3 is 33.2 Å². The van der Waals surface area contributed by atoms with Crippen LogP contribution in [0.2, 0.25) is 0 Å². The predicted octanol–water partition coefficient (Wildman–Crippen LogP) is 10.9. The van der Waals surface area contributed by atoms with Crippen molar-refractivity contribution < 1.29 is 42.7 Å². The van der Waals surface area contributed by atoms with E-state index in [1.807, 2.05) is 13.8 Å². The third-order valence-electron chi connectivity index (χ3n) is 8.78. The molecule has 0 aliphatic rings. The highest BCUT2D eigenvalue weighted by Gasteiger charge is 2.10. The number of ether oxygens (including phenoxy) is 7. The Morgan fingerprint density at radius 3 is 0.857 bits per heavy atom. The van der Waals surface area contributed by atoms with Gasteiger partial charge in [-0.25, -0.2) is 0 Å². The molecule has 0 saturated heterocycles. The van der Waals surface area contributed by atoms with E-state index in [2.05, 4.69) is 0 Å². The van der Waals surface area contributed by atoms with Crippen molar-refractivity contribution in [2.24, 2.45) is 0 Å². The lowest BCUT2D eigenvalue weighted by Crippen LogP contribution is -2.19. The van der Waals surface area contributed by atoms with E-state index < -0.39 is 13.0 Å². The van der Waals surface area contributed by atoms with E-state index in [4.69, 9.17) is 33.2 Å². The smallest absolute Gasteiger partial charge is 0.313 e. The van der Waals surface area contributed by atoms with Crippen molar-refractivity contribution in [3.8, 4) is 0 Å². The minimum Gasteiger partial charge on any atom is -0.393 e. The van der Waals surface area contributed by atoms with E-state index in [0.717, 1.165) is 51.4 Å². The lowest BCUT2D eigenvalue weighted by atomic mass is 10.0. The molecule has 0 fully saturated rings. The number of hydrogen-bond donors (Lipinski definition) is 0. The van der Waals surface area contributed by atoms with Gasteiger partial charge in [-0.1, -0.05) is 141 Å². The monoisotopic (exact) mass is 703 g/mol. The van der Waals surface area contributed by atoms with E-state index in [1.54, 1.807) is 14.2 Å². The SMILES string of the molecule is CCOC(OC)OCCCCCCCCCCCCCCCC(=O)OC(=O)CCCCCCCCCCCCCCCOC(OC)OCC. The van der Waals surface area contributed by atoms with Crippen molar-refractivity contribution in [3.05, 3.63) is 0 Å². The number of methoxy groups -OCH3 is 2. The highest BCUT2D eigenvalue weighted by Crippen LogP contribution is 2.15. The fourth-order valence-electron chi connectivity index (χ4n) is 5.86. The Kier molecular flexibility index (Phi) is 38.8. The van der Waals surface area contributed by atoms with Gasteiger partial charge >= 0.3 is 11.9 Å². The zero-order chi connectivity index (χ0) is 35.9. The largest absolute Gasteiger partial charge is 0.393 e. The molecule has 0 spiro atoms. The van der Waals surface area contributed by atoms with Crippen molar-refractivity contribution in [2.75, 3.05) is 40.6 Å². The van der Waals surface area contributed by atoms with Crippen LogP contribution in [0.3, 0.4) is 0 Å². The van der Waals surface area contributed by atoms with Crippen LogP contribution in [0.25, 0.3) is 0 Å². The first-order valence-electron chi connectivity index (χ1n) is 20.3. The van der Waals surface area contributed by atoms with Crippen LogP contribution in [0.1, 0.15) is 194 Å². The third-order valence-corrected chi connectivity index (χ3v) is 8.78. The quantitative estimate of drug-likeness (QED) is 0.0267. The molecule has 9 nitrogen and oxygen atoms in total. The highest BCUT2D eigenvalue weighted by molar-refractivity contribution is 5.85. The first kappa shape index (κ1) is 47.9. The fourth-order valence-corrected chi connectivity index (χ4v) is 5.86. The summed E-state index contributed by atoms with van der Waals surface area (Å²) in [6.07, 6.45) is 31.8. The highest BCUT2D eigenvalue weighted by atomic mass is 16.8. The van der Waals surface area contributed by atoms with E-state index in [0.29, 0.717) is 39.3 Å².